The monoisotopic (exact) mass is 398 g/mol. The van der Waals surface area contributed by atoms with Crippen molar-refractivity contribution in [2.75, 3.05) is 7.11 Å². The average molecular weight is 399 g/mol. The van der Waals surface area contributed by atoms with E-state index in [9.17, 15) is 9.59 Å². The third-order valence-electron chi connectivity index (χ3n) is 4.80. The molecule has 5 nitrogen and oxygen atoms in total. The van der Waals surface area contributed by atoms with Crippen LogP contribution in [0.1, 0.15) is 44.3 Å². The van der Waals surface area contributed by atoms with Crippen LogP contribution in [0.3, 0.4) is 0 Å². The summed E-state index contributed by atoms with van der Waals surface area (Å²) < 4.78 is 7.07. The topological polar surface area (TPSA) is 61.2 Å². The average Bonchev–Trinajstić information content (AvgIpc) is 3.06. The van der Waals surface area contributed by atoms with E-state index in [1.165, 1.54) is 0 Å². The Kier molecular flexibility index (Phi) is 6.29. The lowest BCUT2D eigenvalue weighted by Gasteiger charge is -2.12. The minimum absolute atomic E-state index is 0.0523. The number of rotatable bonds is 8. The van der Waals surface area contributed by atoms with Gasteiger partial charge in [-0.05, 0) is 37.5 Å². The first-order valence-corrected chi connectivity index (χ1v) is 10.5. The molecule has 0 aliphatic carbocycles. The number of carbonyl (C=O) groups is 1. The van der Waals surface area contributed by atoms with Crippen LogP contribution < -0.4 is 10.3 Å². The Balaban J connectivity index is 2.30. The third kappa shape index (κ3) is 3.87. The van der Waals surface area contributed by atoms with E-state index in [0.717, 1.165) is 51.7 Å². The number of aryl methyl sites for hydroxylation is 2. The van der Waals surface area contributed by atoms with Crippen molar-refractivity contribution >= 4 is 27.3 Å². The maximum absolute atomic E-state index is 13.5. The van der Waals surface area contributed by atoms with Crippen molar-refractivity contribution in [1.82, 2.24) is 9.55 Å². The number of benzene rings is 1. The lowest BCUT2D eigenvalue weighted by Crippen LogP contribution is -2.26. The van der Waals surface area contributed by atoms with Crippen LogP contribution in [0.4, 0.5) is 0 Å². The van der Waals surface area contributed by atoms with Crippen molar-refractivity contribution in [3.63, 3.8) is 0 Å². The fourth-order valence-corrected chi connectivity index (χ4v) is 4.56. The highest BCUT2D eigenvalue weighted by Gasteiger charge is 2.21. The number of carbonyl (C=O) groups excluding carboxylic acids is 1. The van der Waals surface area contributed by atoms with Crippen LogP contribution in [0.25, 0.3) is 21.3 Å². The molecule has 0 spiro atoms. The molecule has 2 heterocycles. The van der Waals surface area contributed by atoms with Crippen molar-refractivity contribution < 1.29 is 9.53 Å². The summed E-state index contributed by atoms with van der Waals surface area (Å²) in [6, 6.07) is 7.79. The predicted octanol–water partition coefficient (Wildman–Crippen LogP) is 4.63. The van der Waals surface area contributed by atoms with Gasteiger partial charge in [0.1, 0.15) is 22.2 Å². The second-order valence-electron chi connectivity index (χ2n) is 6.85. The molecule has 3 aromatic rings. The van der Waals surface area contributed by atoms with Crippen LogP contribution in [0.15, 0.2) is 29.1 Å². The van der Waals surface area contributed by atoms with Crippen LogP contribution in [0.5, 0.6) is 5.75 Å². The van der Waals surface area contributed by atoms with Gasteiger partial charge in [0.25, 0.3) is 5.56 Å². The van der Waals surface area contributed by atoms with Crippen molar-refractivity contribution in [2.45, 2.75) is 53.0 Å². The van der Waals surface area contributed by atoms with Crippen LogP contribution >= 0.6 is 11.3 Å². The first kappa shape index (κ1) is 20.3. The number of hydrogen-bond acceptors (Lipinski definition) is 5. The Hall–Kier alpha value is -2.47. The van der Waals surface area contributed by atoms with E-state index in [1.54, 1.807) is 29.9 Å². The van der Waals surface area contributed by atoms with Crippen molar-refractivity contribution in [3.05, 3.63) is 45.3 Å². The van der Waals surface area contributed by atoms with Gasteiger partial charge in [-0.25, -0.2) is 4.98 Å². The molecule has 28 heavy (non-hydrogen) atoms. The molecule has 0 amide bonds. The summed E-state index contributed by atoms with van der Waals surface area (Å²) >= 11 is 1.59. The quantitative estimate of drug-likeness (QED) is 0.555. The van der Waals surface area contributed by atoms with Crippen molar-refractivity contribution in [3.8, 4) is 16.9 Å². The number of hydrogen-bond donors (Lipinski definition) is 0. The van der Waals surface area contributed by atoms with E-state index in [2.05, 4.69) is 13.8 Å². The Morgan fingerprint density at radius 2 is 2.07 bits per heavy atom. The summed E-state index contributed by atoms with van der Waals surface area (Å²) in [5, 5.41) is 0.651. The van der Waals surface area contributed by atoms with E-state index < -0.39 is 0 Å². The van der Waals surface area contributed by atoms with E-state index >= 15 is 0 Å². The normalized spacial score (nSPS) is 11.1. The zero-order chi connectivity index (χ0) is 20.3. The van der Waals surface area contributed by atoms with Crippen LogP contribution in [-0.4, -0.2) is 22.4 Å². The molecule has 0 bridgehead atoms. The van der Waals surface area contributed by atoms with Crippen LogP contribution in [0, 0.1) is 0 Å². The van der Waals surface area contributed by atoms with Gasteiger partial charge in [-0.15, -0.1) is 11.3 Å². The molecule has 0 saturated heterocycles. The van der Waals surface area contributed by atoms with E-state index in [4.69, 9.17) is 9.72 Å². The zero-order valence-corrected chi connectivity index (χ0v) is 17.7. The Morgan fingerprint density at radius 3 is 2.71 bits per heavy atom. The molecule has 0 unspecified atom stereocenters. The molecule has 0 radical (unpaired) electrons. The highest BCUT2D eigenvalue weighted by atomic mass is 32.1. The minimum atomic E-state index is -0.0523. The number of thiophene rings is 1. The third-order valence-corrected chi connectivity index (χ3v) is 6.03. The van der Waals surface area contributed by atoms with Gasteiger partial charge in [0, 0.05) is 29.8 Å². The zero-order valence-electron chi connectivity index (χ0n) is 16.9. The van der Waals surface area contributed by atoms with E-state index in [-0.39, 0.29) is 11.3 Å². The predicted molar refractivity (Wildman–Crippen MR) is 115 cm³/mol. The standard InChI is InChI=1S/C22H26N2O3S/c1-5-8-18-23-21-20(22(26)24(18)12-11-14(3)25)19(17(6-2)28-21)15-9-7-10-16(13-15)27-4/h7,9-10,13H,5-6,8,11-12H2,1-4H3. The van der Waals surface area contributed by atoms with Gasteiger partial charge in [0.2, 0.25) is 0 Å². The maximum Gasteiger partial charge on any atom is 0.262 e. The largest absolute Gasteiger partial charge is 0.497 e. The van der Waals surface area contributed by atoms with Crippen molar-refractivity contribution in [1.29, 1.82) is 0 Å². The number of aromatic nitrogens is 2. The SMILES string of the molecule is CCCc1nc2sc(CC)c(-c3cccc(OC)c3)c2c(=O)n1CCC(C)=O. The van der Waals surface area contributed by atoms with Gasteiger partial charge < -0.3 is 4.74 Å². The molecule has 2 aromatic heterocycles. The number of nitrogens with zero attached hydrogens (tertiary/aromatic N) is 2. The first-order chi connectivity index (χ1) is 13.5. The fraction of sp³-hybridized carbons (Fsp3) is 0.409. The lowest BCUT2D eigenvalue weighted by molar-refractivity contribution is -0.117. The summed E-state index contributed by atoms with van der Waals surface area (Å²) in [6.45, 7) is 6.09. The smallest absolute Gasteiger partial charge is 0.262 e. The first-order valence-electron chi connectivity index (χ1n) is 9.69. The molecule has 0 fully saturated rings. The highest BCUT2D eigenvalue weighted by Crippen LogP contribution is 2.38. The molecule has 0 N–H and O–H groups in total. The van der Waals surface area contributed by atoms with Gasteiger partial charge in [0.15, 0.2) is 0 Å². The van der Waals surface area contributed by atoms with Crippen LogP contribution in [-0.2, 0) is 24.2 Å². The van der Waals surface area contributed by atoms with Crippen LogP contribution in [0.2, 0.25) is 0 Å². The molecule has 0 saturated carbocycles. The number of fused-ring (bicyclic) bond motifs is 1. The summed E-state index contributed by atoms with van der Waals surface area (Å²) in [5.41, 5.74) is 1.85. The number of ketones is 1. The van der Waals surface area contributed by atoms with Gasteiger partial charge in [-0.3, -0.25) is 14.2 Å². The van der Waals surface area contributed by atoms with E-state index in [0.29, 0.717) is 18.4 Å². The second kappa shape index (κ2) is 8.69. The summed E-state index contributed by atoms with van der Waals surface area (Å²) in [5.74, 6) is 1.59. The molecule has 148 valence electrons. The fourth-order valence-electron chi connectivity index (χ4n) is 3.42. The summed E-state index contributed by atoms with van der Waals surface area (Å²) in [7, 11) is 1.64. The number of methoxy groups -OCH3 is 1. The summed E-state index contributed by atoms with van der Waals surface area (Å²) in [4.78, 5) is 31.8. The summed E-state index contributed by atoms with van der Waals surface area (Å²) in [6.07, 6.45) is 2.77. The maximum atomic E-state index is 13.5. The van der Waals surface area contributed by atoms with Gasteiger partial charge in [-0.1, -0.05) is 26.0 Å². The molecule has 3 rings (SSSR count). The Labute approximate surface area is 169 Å². The second-order valence-corrected chi connectivity index (χ2v) is 7.94. The van der Waals surface area contributed by atoms with Gasteiger partial charge in [-0.2, -0.15) is 0 Å². The number of ether oxygens (including phenoxy) is 1. The van der Waals surface area contributed by atoms with Gasteiger partial charge >= 0.3 is 0 Å². The number of Topliss-reactive ketones (excluding diaryl/α,β-unsaturated/α-hetero) is 1. The van der Waals surface area contributed by atoms with Crippen molar-refractivity contribution in [2.24, 2.45) is 0 Å². The van der Waals surface area contributed by atoms with E-state index in [1.807, 2.05) is 24.3 Å². The Morgan fingerprint density at radius 1 is 1.29 bits per heavy atom. The molecule has 0 aliphatic heterocycles. The molecule has 6 heteroatoms. The Bertz CT molecular complexity index is 1070. The lowest BCUT2D eigenvalue weighted by atomic mass is 10.0. The molecular formula is C22H26N2O3S. The van der Waals surface area contributed by atoms with Gasteiger partial charge in [0.05, 0.1) is 12.5 Å². The molecule has 0 atom stereocenters. The highest BCUT2D eigenvalue weighted by molar-refractivity contribution is 7.19. The minimum Gasteiger partial charge on any atom is -0.497 e. The molecule has 0 aliphatic rings. The molecule has 1 aromatic carbocycles. The molecular weight excluding hydrogens is 372 g/mol.